The van der Waals surface area contributed by atoms with Crippen molar-refractivity contribution in [3.8, 4) is 0 Å². The van der Waals surface area contributed by atoms with E-state index in [-0.39, 0.29) is 5.91 Å². The van der Waals surface area contributed by atoms with Crippen molar-refractivity contribution in [1.29, 1.82) is 0 Å². The molecule has 1 aliphatic rings. The molecule has 0 radical (unpaired) electrons. The second kappa shape index (κ2) is 7.87. The molecule has 3 heterocycles. The summed E-state index contributed by atoms with van der Waals surface area (Å²) in [5.41, 5.74) is 0.392. The molecule has 1 N–H and O–H groups in total. The van der Waals surface area contributed by atoms with Crippen LogP contribution in [0.15, 0.2) is 29.3 Å². The molecule has 0 aliphatic carbocycles. The van der Waals surface area contributed by atoms with Crippen molar-refractivity contribution in [2.24, 2.45) is 0 Å². The molecule has 0 bridgehead atoms. The lowest BCUT2D eigenvalue weighted by Crippen LogP contribution is -2.49. The van der Waals surface area contributed by atoms with Gasteiger partial charge in [-0.1, -0.05) is 6.92 Å². The third-order valence-electron chi connectivity index (χ3n) is 4.10. The lowest BCUT2D eigenvalue weighted by atomic mass is 10.2. The number of aryl methyl sites for hydroxylation is 1. The molecule has 8 nitrogen and oxygen atoms in total. The van der Waals surface area contributed by atoms with Gasteiger partial charge in [0.1, 0.15) is 5.76 Å². The summed E-state index contributed by atoms with van der Waals surface area (Å²) in [6, 6.07) is 1.82. The SMILES string of the molecule is CCc1ocnc1C(=O)NCCN1CCN(c2ncccn2)CC1. The summed E-state index contributed by atoms with van der Waals surface area (Å²) in [6.07, 6.45) is 5.50. The van der Waals surface area contributed by atoms with Gasteiger partial charge in [-0.15, -0.1) is 0 Å². The van der Waals surface area contributed by atoms with E-state index in [1.165, 1.54) is 6.39 Å². The van der Waals surface area contributed by atoms with Crippen LogP contribution in [-0.4, -0.2) is 65.0 Å². The van der Waals surface area contributed by atoms with E-state index >= 15 is 0 Å². The van der Waals surface area contributed by atoms with Crippen LogP contribution in [0.1, 0.15) is 23.2 Å². The molecular formula is C16H22N6O2. The Labute approximate surface area is 140 Å². The van der Waals surface area contributed by atoms with Crippen LogP contribution in [0.5, 0.6) is 0 Å². The Bertz CT molecular complexity index is 652. The molecule has 1 saturated heterocycles. The first-order chi connectivity index (χ1) is 11.8. The van der Waals surface area contributed by atoms with Crippen molar-refractivity contribution in [3.63, 3.8) is 0 Å². The zero-order chi connectivity index (χ0) is 16.8. The fourth-order valence-electron chi connectivity index (χ4n) is 2.74. The summed E-state index contributed by atoms with van der Waals surface area (Å²) in [5, 5.41) is 2.91. The number of hydrogen-bond donors (Lipinski definition) is 1. The van der Waals surface area contributed by atoms with Crippen molar-refractivity contribution in [1.82, 2.24) is 25.2 Å². The Hall–Kier alpha value is -2.48. The molecule has 24 heavy (non-hydrogen) atoms. The summed E-state index contributed by atoms with van der Waals surface area (Å²) in [4.78, 5) is 29.1. The van der Waals surface area contributed by atoms with Crippen LogP contribution in [0, 0.1) is 0 Å². The predicted molar refractivity (Wildman–Crippen MR) is 88.9 cm³/mol. The first-order valence-electron chi connectivity index (χ1n) is 8.22. The third kappa shape index (κ3) is 3.88. The number of hydrogen-bond acceptors (Lipinski definition) is 7. The highest BCUT2D eigenvalue weighted by Crippen LogP contribution is 2.09. The standard InChI is InChI=1S/C16H22N6O2/c1-2-13-14(20-12-24-13)15(23)17-6-7-21-8-10-22(11-9-21)16-18-4-3-5-19-16/h3-5,12H,2,6-11H2,1H3,(H,17,23). The van der Waals surface area contributed by atoms with Gasteiger partial charge in [0.25, 0.3) is 5.91 Å². The van der Waals surface area contributed by atoms with Crippen molar-refractivity contribution >= 4 is 11.9 Å². The summed E-state index contributed by atoms with van der Waals surface area (Å²) in [7, 11) is 0. The molecule has 1 aliphatic heterocycles. The lowest BCUT2D eigenvalue weighted by Gasteiger charge is -2.34. The maximum Gasteiger partial charge on any atom is 0.273 e. The number of carbonyl (C=O) groups excluding carboxylic acids is 1. The number of rotatable bonds is 6. The minimum atomic E-state index is -0.170. The minimum Gasteiger partial charge on any atom is -0.448 e. The molecule has 0 spiro atoms. The molecule has 2 aromatic rings. The summed E-state index contributed by atoms with van der Waals surface area (Å²) < 4.78 is 5.19. The van der Waals surface area contributed by atoms with E-state index in [2.05, 4.69) is 30.1 Å². The van der Waals surface area contributed by atoms with Gasteiger partial charge in [0, 0.05) is 58.1 Å². The average molecular weight is 330 g/mol. The Morgan fingerprint density at radius 2 is 1.96 bits per heavy atom. The van der Waals surface area contributed by atoms with Crippen LogP contribution in [0.4, 0.5) is 5.95 Å². The first kappa shape index (κ1) is 16.4. The van der Waals surface area contributed by atoms with Crippen LogP contribution in [0.2, 0.25) is 0 Å². The molecular weight excluding hydrogens is 308 g/mol. The van der Waals surface area contributed by atoms with Gasteiger partial charge >= 0.3 is 0 Å². The number of carbonyl (C=O) groups is 1. The van der Waals surface area contributed by atoms with Crippen LogP contribution in [0.3, 0.4) is 0 Å². The minimum absolute atomic E-state index is 0.170. The highest BCUT2D eigenvalue weighted by molar-refractivity contribution is 5.93. The van der Waals surface area contributed by atoms with Gasteiger partial charge in [0.15, 0.2) is 12.1 Å². The second-order valence-corrected chi connectivity index (χ2v) is 5.61. The molecule has 0 aromatic carbocycles. The van der Waals surface area contributed by atoms with Gasteiger partial charge < -0.3 is 14.6 Å². The summed E-state index contributed by atoms with van der Waals surface area (Å²) in [6.45, 7) is 6.98. The van der Waals surface area contributed by atoms with Crippen LogP contribution >= 0.6 is 0 Å². The van der Waals surface area contributed by atoms with Gasteiger partial charge in [-0.2, -0.15) is 0 Å². The number of piperazine rings is 1. The van der Waals surface area contributed by atoms with Gasteiger partial charge in [0.2, 0.25) is 5.95 Å². The Morgan fingerprint density at radius 3 is 2.67 bits per heavy atom. The Balaban J connectivity index is 1.40. The zero-order valence-corrected chi connectivity index (χ0v) is 13.8. The van der Waals surface area contributed by atoms with Gasteiger partial charge in [-0.3, -0.25) is 9.69 Å². The van der Waals surface area contributed by atoms with E-state index in [1.807, 2.05) is 13.0 Å². The van der Waals surface area contributed by atoms with Crippen molar-refractivity contribution in [2.45, 2.75) is 13.3 Å². The van der Waals surface area contributed by atoms with E-state index in [4.69, 9.17) is 4.42 Å². The number of nitrogens with zero attached hydrogens (tertiary/aromatic N) is 5. The third-order valence-corrected chi connectivity index (χ3v) is 4.10. The molecule has 0 unspecified atom stereocenters. The maximum absolute atomic E-state index is 12.1. The molecule has 0 atom stereocenters. The number of nitrogens with one attached hydrogen (secondary N) is 1. The Kier molecular flexibility index (Phi) is 5.37. The average Bonchev–Trinajstić information content (AvgIpc) is 3.12. The molecule has 8 heteroatoms. The van der Waals surface area contributed by atoms with E-state index in [0.29, 0.717) is 24.4 Å². The lowest BCUT2D eigenvalue weighted by molar-refractivity contribution is 0.0941. The van der Waals surface area contributed by atoms with E-state index in [9.17, 15) is 4.79 Å². The summed E-state index contributed by atoms with van der Waals surface area (Å²) >= 11 is 0. The van der Waals surface area contributed by atoms with E-state index in [0.717, 1.165) is 38.7 Å². The molecule has 1 amide bonds. The molecule has 1 fully saturated rings. The molecule has 3 rings (SSSR count). The molecule has 2 aromatic heterocycles. The second-order valence-electron chi connectivity index (χ2n) is 5.61. The number of anilines is 1. The maximum atomic E-state index is 12.1. The highest BCUT2D eigenvalue weighted by Gasteiger charge is 2.19. The van der Waals surface area contributed by atoms with Crippen molar-refractivity contribution in [3.05, 3.63) is 36.3 Å². The van der Waals surface area contributed by atoms with Gasteiger partial charge in [0.05, 0.1) is 0 Å². The smallest absolute Gasteiger partial charge is 0.273 e. The molecule has 0 saturated carbocycles. The number of oxazole rings is 1. The van der Waals surface area contributed by atoms with Crippen LogP contribution in [0.25, 0.3) is 0 Å². The largest absolute Gasteiger partial charge is 0.448 e. The van der Waals surface area contributed by atoms with E-state index < -0.39 is 0 Å². The summed E-state index contributed by atoms with van der Waals surface area (Å²) in [5.74, 6) is 1.24. The Morgan fingerprint density at radius 1 is 1.21 bits per heavy atom. The quantitative estimate of drug-likeness (QED) is 0.829. The van der Waals surface area contributed by atoms with E-state index in [1.54, 1.807) is 12.4 Å². The highest BCUT2D eigenvalue weighted by atomic mass is 16.3. The number of amides is 1. The van der Waals surface area contributed by atoms with Gasteiger partial charge in [-0.05, 0) is 6.07 Å². The van der Waals surface area contributed by atoms with Crippen molar-refractivity contribution in [2.75, 3.05) is 44.2 Å². The first-order valence-corrected chi connectivity index (χ1v) is 8.22. The fourth-order valence-corrected chi connectivity index (χ4v) is 2.74. The normalized spacial score (nSPS) is 15.5. The number of aromatic nitrogens is 3. The predicted octanol–water partition coefficient (Wildman–Crippen LogP) is 0.579. The van der Waals surface area contributed by atoms with Crippen LogP contribution < -0.4 is 10.2 Å². The molecule has 128 valence electrons. The topological polar surface area (TPSA) is 87.4 Å². The fraction of sp³-hybridized carbons (Fsp3) is 0.500. The van der Waals surface area contributed by atoms with Crippen molar-refractivity contribution < 1.29 is 9.21 Å². The monoisotopic (exact) mass is 330 g/mol. The van der Waals surface area contributed by atoms with Gasteiger partial charge in [-0.25, -0.2) is 15.0 Å². The van der Waals surface area contributed by atoms with Crippen LogP contribution in [-0.2, 0) is 6.42 Å². The zero-order valence-electron chi connectivity index (χ0n) is 13.8.